The molecule has 0 N–H and O–H groups in total. The highest BCUT2D eigenvalue weighted by atomic mass is 79.9. The molecule has 0 aliphatic rings. The summed E-state index contributed by atoms with van der Waals surface area (Å²) in [6.07, 6.45) is 0.604. The standard InChI is InChI=1S/C10H10BrFO/c11-9-5-3-8(4-6-9)10(13)2-1-7-12/h3-6H,1-2,7H2. The Morgan fingerprint density at radius 2 is 1.92 bits per heavy atom. The SMILES string of the molecule is O=C(CCCF)c1ccc(Br)cc1. The molecule has 0 atom stereocenters. The molecular formula is C10H10BrFO. The molecule has 1 aromatic rings. The van der Waals surface area contributed by atoms with Crippen molar-refractivity contribution in [3.05, 3.63) is 34.3 Å². The normalized spacial score (nSPS) is 10.0. The van der Waals surface area contributed by atoms with Crippen LogP contribution in [0, 0.1) is 0 Å². The van der Waals surface area contributed by atoms with Gasteiger partial charge in [0, 0.05) is 16.5 Å². The topological polar surface area (TPSA) is 17.1 Å². The summed E-state index contributed by atoms with van der Waals surface area (Å²) in [5.74, 6) is 0.00477. The van der Waals surface area contributed by atoms with Gasteiger partial charge in [-0.1, -0.05) is 28.1 Å². The minimum atomic E-state index is -0.428. The Morgan fingerprint density at radius 3 is 2.46 bits per heavy atom. The molecule has 0 fully saturated rings. The van der Waals surface area contributed by atoms with E-state index < -0.39 is 6.67 Å². The van der Waals surface area contributed by atoms with Gasteiger partial charge in [-0.15, -0.1) is 0 Å². The lowest BCUT2D eigenvalue weighted by atomic mass is 10.1. The van der Waals surface area contributed by atoms with E-state index in [0.717, 1.165) is 4.47 Å². The van der Waals surface area contributed by atoms with E-state index in [9.17, 15) is 9.18 Å². The fraction of sp³-hybridized carbons (Fsp3) is 0.300. The molecule has 0 aromatic heterocycles. The van der Waals surface area contributed by atoms with Gasteiger partial charge in [-0.2, -0.15) is 0 Å². The van der Waals surface area contributed by atoms with Gasteiger partial charge in [0.1, 0.15) is 0 Å². The number of benzene rings is 1. The zero-order valence-corrected chi connectivity index (χ0v) is 8.68. The van der Waals surface area contributed by atoms with Crippen LogP contribution in [0.4, 0.5) is 4.39 Å². The summed E-state index contributed by atoms with van der Waals surface area (Å²) in [5, 5.41) is 0. The summed E-state index contributed by atoms with van der Waals surface area (Å²) < 4.78 is 12.7. The van der Waals surface area contributed by atoms with Crippen LogP contribution in [-0.4, -0.2) is 12.5 Å². The maximum absolute atomic E-state index is 11.8. The van der Waals surface area contributed by atoms with Crippen LogP contribution >= 0.6 is 15.9 Å². The van der Waals surface area contributed by atoms with E-state index in [1.54, 1.807) is 12.1 Å². The molecule has 0 amide bonds. The second-order valence-corrected chi connectivity index (χ2v) is 3.64. The van der Waals surface area contributed by atoms with Gasteiger partial charge in [0.25, 0.3) is 0 Å². The number of alkyl halides is 1. The lowest BCUT2D eigenvalue weighted by molar-refractivity contribution is 0.0977. The van der Waals surface area contributed by atoms with Gasteiger partial charge in [0.05, 0.1) is 6.67 Å². The van der Waals surface area contributed by atoms with Gasteiger partial charge in [-0.05, 0) is 18.6 Å². The number of ketones is 1. The molecule has 0 spiro atoms. The van der Waals surface area contributed by atoms with Crippen molar-refractivity contribution in [3.8, 4) is 0 Å². The number of hydrogen-bond donors (Lipinski definition) is 0. The Morgan fingerprint density at radius 1 is 1.31 bits per heavy atom. The smallest absolute Gasteiger partial charge is 0.162 e. The first-order valence-corrected chi connectivity index (χ1v) is 4.88. The third-order valence-corrected chi connectivity index (χ3v) is 2.23. The van der Waals surface area contributed by atoms with Gasteiger partial charge in [0.2, 0.25) is 0 Å². The first-order valence-electron chi connectivity index (χ1n) is 4.09. The van der Waals surface area contributed by atoms with E-state index in [4.69, 9.17) is 0 Å². The van der Waals surface area contributed by atoms with Crippen LogP contribution in [0.3, 0.4) is 0 Å². The third kappa shape index (κ3) is 3.27. The number of carbonyl (C=O) groups is 1. The number of carbonyl (C=O) groups excluding carboxylic acids is 1. The second-order valence-electron chi connectivity index (χ2n) is 2.72. The van der Waals surface area contributed by atoms with Crippen LogP contribution in [0.15, 0.2) is 28.7 Å². The Bertz CT molecular complexity index is 281. The van der Waals surface area contributed by atoms with E-state index in [2.05, 4.69) is 15.9 Å². The van der Waals surface area contributed by atoms with E-state index in [-0.39, 0.29) is 12.2 Å². The molecular weight excluding hydrogens is 235 g/mol. The average Bonchev–Trinajstić information content (AvgIpc) is 2.15. The van der Waals surface area contributed by atoms with Crippen LogP contribution in [0.2, 0.25) is 0 Å². The van der Waals surface area contributed by atoms with Crippen molar-refractivity contribution in [2.75, 3.05) is 6.67 Å². The summed E-state index contributed by atoms with van der Waals surface area (Å²) in [6, 6.07) is 7.10. The molecule has 13 heavy (non-hydrogen) atoms. The molecule has 0 unspecified atom stereocenters. The fourth-order valence-corrected chi connectivity index (χ4v) is 1.27. The van der Waals surface area contributed by atoms with Crippen LogP contribution in [0.25, 0.3) is 0 Å². The van der Waals surface area contributed by atoms with E-state index in [1.165, 1.54) is 0 Å². The zero-order valence-electron chi connectivity index (χ0n) is 7.09. The van der Waals surface area contributed by atoms with Gasteiger partial charge in [-0.3, -0.25) is 9.18 Å². The maximum atomic E-state index is 11.8. The van der Waals surface area contributed by atoms with Gasteiger partial charge in [0.15, 0.2) is 5.78 Å². The first kappa shape index (κ1) is 10.4. The number of halogens is 2. The highest BCUT2D eigenvalue weighted by molar-refractivity contribution is 9.10. The number of rotatable bonds is 4. The van der Waals surface area contributed by atoms with Crippen molar-refractivity contribution < 1.29 is 9.18 Å². The largest absolute Gasteiger partial charge is 0.294 e. The highest BCUT2D eigenvalue weighted by Crippen LogP contribution is 2.12. The molecule has 0 aliphatic carbocycles. The zero-order chi connectivity index (χ0) is 9.68. The summed E-state index contributed by atoms with van der Waals surface area (Å²) in [7, 11) is 0. The number of Topliss-reactive ketones (excluding diaryl/α,β-unsaturated/α-hetero) is 1. The van der Waals surface area contributed by atoms with Crippen LogP contribution in [0.5, 0.6) is 0 Å². The first-order chi connectivity index (χ1) is 6.24. The highest BCUT2D eigenvalue weighted by Gasteiger charge is 2.04. The molecule has 0 aliphatic heterocycles. The van der Waals surface area contributed by atoms with E-state index in [0.29, 0.717) is 12.0 Å². The molecule has 0 heterocycles. The average molecular weight is 245 g/mol. The van der Waals surface area contributed by atoms with Crippen molar-refractivity contribution in [3.63, 3.8) is 0 Å². The molecule has 1 nitrogen and oxygen atoms in total. The second kappa shape index (κ2) is 5.12. The van der Waals surface area contributed by atoms with Gasteiger partial charge in [-0.25, -0.2) is 0 Å². The van der Waals surface area contributed by atoms with Crippen LogP contribution < -0.4 is 0 Å². The quantitative estimate of drug-likeness (QED) is 0.743. The lowest BCUT2D eigenvalue weighted by Crippen LogP contribution is -1.98. The molecule has 0 saturated carbocycles. The van der Waals surface area contributed by atoms with E-state index in [1.807, 2.05) is 12.1 Å². The molecule has 1 rings (SSSR count). The predicted octanol–water partition coefficient (Wildman–Crippen LogP) is 3.38. The Kier molecular flexibility index (Phi) is 4.09. The summed E-state index contributed by atoms with van der Waals surface area (Å²) in [4.78, 5) is 11.3. The Labute approximate surface area is 85.1 Å². The fourth-order valence-electron chi connectivity index (χ4n) is 1.01. The van der Waals surface area contributed by atoms with Crippen LogP contribution in [-0.2, 0) is 0 Å². The molecule has 1 aromatic carbocycles. The molecule has 0 saturated heterocycles. The molecule has 3 heteroatoms. The minimum Gasteiger partial charge on any atom is -0.294 e. The van der Waals surface area contributed by atoms with Crippen molar-refractivity contribution in [1.82, 2.24) is 0 Å². The third-order valence-electron chi connectivity index (χ3n) is 1.70. The summed E-state index contributed by atoms with van der Waals surface area (Å²) >= 11 is 3.28. The Hall–Kier alpha value is -0.700. The van der Waals surface area contributed by atoms with Crippen molar-refractivity contribution in [2.24, 2.45) is 0 Å². The van der Waals surface area contributed by atoms with Crippen molar-refractivity contribution in [1.29, 1.82) is 0 Å². The monoisotopic (exact) mass is 244 g/mol. The molecule has 70 valence electrons. The number of hydrogen-bond acceptors (Lipinski definition) is 1. The van der Waals surface area contributed by atoms with Crippen molar-refractivity contribution >= 4 is 21.7 Å². The van der Waals surface area contributed by atoms with Crippen LogP contribution in [0.1, 0.15) is 23.2 Å². The summed E-state index contributed by atoms with van der Waals surface area (Å²) in [6.45, 7) is -0.428. The van der Waals surface area contributed by atoms with Gasteiger partial charge >= 0.3 is 0 Å². The van der Waals surface area contributed by atoms with E-state index >= 15 is 0 Å². The summed E-state index contributed by atoms with van der Waals surface area (Å²) in [5.41, 5.74) is 0.650. The minimum absolute atomic E-state index is 0.00477. The lowest BCUT2D eigenvalue weighted by Gasteiger charge is -1.98. The predicted molar refractivity (Wildman–Crippen MR) is 53.7 cm³/mol. The molecule has 0 bridgehead atoms. The van der Waals surface area contributed by atoms with Crippen molar-refractivity contribution in [2.45, 2.75) is 12.8 Å². The Balaban J connectivity index is 2.61. The van der Waals surface area contributed by atoms with Gasteiger partial charge < -0.3 is 0 Å². The molecule has 0 radical (unpaired) electrons. The maximum Gasteiger partial charge on any atom is 0.162 e.